The SMILES string of the molecule is CCc1nc(CC(=O)NC(C)C(O)c2ccc(F)c(F)c2)cs1. The number of carbonyl (C=O) groups excluding carboxylic acids is 1. The Morgan fingerprint density at radius 3 is 2.74 bits per heavy atom. The van der Waals surface area contributed by atoms with Gasteiger partial charge >= 0.3 is 0 Å². The van der Waals surface area contributed by atoms with E-state index in [9.17, 15) is 18.7 Å². The first-order chi connectivity index (χ1) is 10.9. The monoisotopic (exact) mass is 340 g/mol. The molecule has 124 valence electrons. The summed E-state index contributed by atoms with van der Waals surface area (Å²) in [6.45, 7) is 3.59. The molecule has 0 aliphatic carbocycles. The van der Waals surface area contributed by atoms with Crippen LogP contribution >= 0.6 is 11.3 Å². The Morgan fingerprint density at radius 2 is 2.13 bits per heavy atom. The van der Waals surface area contributed by atoms with E-state index in [1.54, 1.807) is 6.92 Å². The van der Waals surface area contributed by atoms with Crippen LogP contribution in [-0.4, -0.2) is 22.0 Å². The van der Waals surface area contributed by atoms with Gasteiger partial charge in [-0.05, 0) is 31.0 Å². The fourth-order valence-electron chi connectivity index (χ4n) is 2.13. The highest BCUT2D eigenvalue weighted by atomic mass is 32.1. The summed E-state index contributed by atoms with van der Waals surface area (Å²) in [7, 11) is 0. The number of aliphatic hydroxyl groups is 1. The molecule has 0 fully saturated rings. The third kappa shape index (κ3) is 4.56. The molecule has 2 rings (SSSR count). The molecule has 0 saturated heterocycles. The summed E-state index contributed by atoms with van der Waals surface area (Å²) in [5, 5.41) is 15.6. The third-order valence-electron chi connectivity index (χ3n) is 3.39. The molecule has 0 radical (unpaired) electrons. The molecule has 2 atom stereocenters. The number of thiazole rings is 1. The zero-order valence-electron chi connectivity index (χ0n) is 12.8. The average Bonchev–Trinajstić information content (AvgIpc) is 2.96. The second kappa shape index (κ2) is 7.61. The van der Waals surface area contributed by atoms with Crippen molar-refractivity contribution in [3.63, 3.8) is 0 Å². The maximum atomic E-state index is 13.2. The summed E-state index contributed by atoms with van der Waals surface area (Å²) in [6.07, 6.45) is -0.196. The van der Waals surface area contributed by atoms with Crippen LogP contribution in [0.1, 0.15) is 36.2 Å². The lowest BCUT2D eigenvalue weighted by atomic mass is 10.0. The minimum atomic E-state index is -1.13. The molecule has 2 unspecified atom stereocenters. The first-order valence-corrected chi connectivity index (χ1v) is 8.14. The minimum Gasteiger partial charge on any atom is -0.386 e. The van der Waals surface area contributed by atoms with Crippen LogP contribution in [0.2, 0.25) is 0 Å². The Kier molecular flexibility index (Phi) is 5.79. The number of nitrogens with zero attached hydrogens (tertiary/aromatic N) is 1. The minimum absolute atomic E-state index is 0.116. The molecule has 23 heavy (non-hydrogen) atoms. The Morgan fingerprint density at radius 1 is 1.39 bits per heavy atom. The molecule has 1 aromatic carbocycles. The number of halogens is 2. The van der Waals surface area contributed by atoms with Crippen LogP contribution in [-0.2, 0) is 17.6 Å². The second-order valence-corrected chi connectivity index (χ2v) is 6.18. The van der Waals surface area contributed by atoms with Crippen LogP contribution in [0.25, 0.3) is 0 Å². The molecule has 1 aromatic heterocycles. The average molecular weight is 340 g/mol. The van der Waals surface area contributed by atoms with E-state index < -0.39 is 23.8 Å². The normalized spacial score (nSPS) is 13.6. The van der Waals surface area contributed by atoms with Gasteiger partial charge in [0.05, 0.1) is 29.3 Å². The predicted molar refractivity (Wildman–Crippen MR) is 84.1 cm³/mol. The van der Waals surface area contributed by atoms with Crippen molar-refractivity contribution in [2.24, 2.45) is 0 Å². The Labute approximate surface area is 137 Å². The van der Waals surface area contributed by atoms with Gasteiger partial charge in [0.1, 0.15) is 0 Å². The number of benzene rings is 1. The number of carbonyl (C=O) groups is 1. The molecule has 0 aliphatic rings. The summed E-state index contributed by atoms with van der Waals surface area (Å²) in [5.74, 6) is -2.30. The number of aromatic nitrogens is 1. The lowest BCUT2D eigenvalue weighted by Crippen LogP contribution is -2.38. The van der Waals surface area contributed by atoms with E-state index in [-0.39, 0.29) is 17.9 Å². The van der Waals surface area contributed by atoms with Crippen molar-refractivity contribution in [2.75, 3.05) is 0 Å². The third-order valence-corrected chi connectivity index (χ3v) is 4.43. The number of rotatable bonds is 6. The number of hydrogen-bond acceptors (Lipinski definition) is 4. The van der Waals surface area contributed by atoms with Crippen molar-refractivity contribution >= 4 is 17.2 Å². The Balaban J connectivity index is 1.95. The summed E-state index contributed by atoms with van der Waals surface area (Å²) in [6, 6.07) is 2.52. The molecular weight excluding hydrogens is 322 g/mol. The quantitative estimate of drug-likeness (QED) is 0.850. The van der Waals surface area contributed by atoms with Gasteiger partial charge in [0.25, 0.3) is 0 Å². The van der Waals surface area contributed by atoms with Crippen LogP contribution in [0.4, 0.5) is 8.78 Å². The molecule has 1 amide bonds. The van der Waals surface area contributed by atoms with Gasteiger partial charge in [0.15, 0.2) is 11.6 Å². The van der Waals surface area contributed by atoms with Crippen molar-refractivity contribution in [3.05, 3.63) is 51.5 Å². The highest BCUT2D eigenvalue weighted by Gasteiger charge is 2.20. The van der Waals surface area contributed by atoms with Gasteiger partial charge in [0.2, 0.25) is 5.91 Å². The maximum absolute atomic E-state index is 13.2. The van der Waals surface area contributed by atoms with Gasteiger partial charge < -0.3 is 10.4 Å². The highest BCUT2D eigenvalue weighted by molar-refractivity contribution is 7.09. The second-order valence-electron chi connectivity index (χ2n) is 5.24. The van der Waals surface area contributed by atoms with E-state index in [1.165, 1.54) is 17.4 Å². The van der Waals surface area contributed by atoms with Gasteiger partial charge in [-0.2, -0.15) is 0 Å². The molecule has 0 bridgehead atoms. The molecule has 1 heterocycles. The number of amides is 1. The number of aryl methyl sites for hydroxylation is 1. The smallest absolute Gasteiger partial charge is 0.226 e. The van der Waals surface area contributed by atoms with Crippen LogP contribution in [0.15, 0.2) is 23.6 Å². The van der Waals surface area contributed by atoms with Crippen molar-refractivity contribution in [1.29, 1.82) is 0 Å². The largest absolute Gasteiger partial charge is 0.386 e. The van der Waals surface area contributed by atoms with Crippen molar-refractivity contribution in [1.82, 2.24) is 10.3 Å². The first kappa shape index (κ1) is 17.5. The molecule has 0 spiro atoms. The molecule has 0 aliphatic heterocycles. The molecule has 7 heteroatoms. The highest BCUT2D eigenvalue weighted by Crippen LogP contribution is 2.19. The van der Waals surface area contributed by atoms with Crippen LogP contribution in [0.5, 0.6) is 0 Å². The van der Waals surface area contributed by atoms with Crippen LogP contribution in [0, 0.1) is 11.6 Å². The zero-order chi connectivity index (χ0) is 17.0. The topological polar surface area (TPSA) is 62.2 Å². The summed E-state index contributed by atoms with van der Waals surface area (Å²) >= 11 is 1.50. The summed E-state index contributed by atoms with van der Waals surface area (Å²) in [4.78, 5) is 16.3. The molecule has 2 aromatic rings. The molecule has 0 saturated carbocycles. The lowest BCUT2D eigenvalue weighted by Gasteiger charge is -2.20. The molecule has 2 N–H and O–H groups in total. The van der Waals surface area contributed by atoms with E-state index in [0.717, 1.165) is 23.6 Å². The Bertz CT molecular complexity index is 690. The predicted octanol–water partition coefficient (Wildman–Crippen LogP) is 2.76. The van der Waals surface area contributed by atoms with Gasteiger partial charge in [-0.15, -0.1) is 11.3 Å². The van der Waals surface area contributed by atoms with E-state index >= 15 is 0 Å². The number of aliphatic hydroxyl groups excluding tert-OH is 1. The van der Waals surface area contributed by atoms with Gasteiger partial charge in [-0.25, -0.2) is 13.8 Å². The maximum Gasteiger partial charge on any atom is 0.226 e. The zero-order valence-corrected chi connectivity index (χ0v) is 13.7. The van der Waals surface area contributed by atoms with E-state index in [2.05, 4.69) is 10.3 Å². The molecule has 4 nitrogen and oxygen atoms in total. The Hall–Kier alpha value is -1.86. The summed E-state index contributed by atoms with van der Waals surface area (Å²) < 4.78 is 26.1. The van der Waals surface area contributed by atoms with Crippen molar-refractivity contribution < 1.29 is 18.7 Å². The lowest BCUT2D eigenvalue weighted by molar-refractivity contribution is -0.121. The fraction of sp³-hybridized carbons (Fsp3) is 0.375. The summed E-state index contributed by atoms with van der Waals surface area (Å²) in [5.41, 5.74) is 0.887. The first-order valence-electron chi connectivity index (χ1n) is 7.26. The number of nitrogens with one attached hydrogen (secondary N) is 1. The standard InChI is InChI=1S/C16H18F2N2O2S/c1-3-15-20-11(8-23-15)7-14(21)19-9(2)16(22)10-4-5-12(17)13(18)6-10/h4-6,8-9,16,22H,3,7H2,1-2H3,(H,19,21). The molecular formula is C16H18F2N2O2S. The van der Waals surface area contributed by atoms with Gasteiger partial charge in [-0.3, -0.25) is 4.79 Å². The van der Waals surface area contributed by atoms with Crippen molar-refractivity contribution in [3.8, 4) is 0 Å². The van der Waals surface area contributed by atoms with Crippen LogP contribution < -0.4 is 5.32 Å². The number of hydrogen-bond donors (Lipinski definition) is 2. The van der Waals surface area contributed by atoms with Gasteiger partial charge in [-0.1, -0.05) is 13.0 Å². The van der Waals surface area contributed by atoms with E-state index in [1.807, 2.05) is 12.3 Å². The van der Waals surface area contributed by atoms with E-state index in [0.29, 0.717) is 5.69 Å². The van der Waals surface area contributed by atoms with Crippen LogP contribution in [0.3, 0.4) is 0 Å². The van der Waals surface area contributed by atoms with Crippen molar-refractivity contribution in [2.45, 2.75) is 38.8 Å². The van der Waals surface area contributed by atoms with Gasteiger partial charge in [0, 0.05) is 5.38 Å². The fourth-order valence-corrected chi connectivity index (χ4v) is 2.87. The van der Waals surface area contributed by atoms with E-state index in [4.69, 9.17) is 0 Å².